The van der Waals surface area contributed by atoms with E-state index in [4.69, 9.17) is 14.6 Å². The summed E-state index contributed by atoms with van der Waals surface area (Å²) in [7, 11) is 1.49. The molecule has 21 heavy (non-hydrogen) atoms. The van der Waals surface area contributed by atoms with Crippen molar-refractivity contribution in [2.45, 2.75) is 20.3 Å². The Kier molecular flexibility index (Phi) is 6.52. The second kappa shape index (κ2) is 8.14. The van der Waals surface area contributed by atoms with Crippen LogP contribution in [0.4, 0.5) is 0 Å². The van der Waals surface area contributed by atoms with Crippen LogP contribution in [-0.2, 0) is 4.79 Å². The van der Waals surface area contributed by atoms with Crippen molar-refractivity contribution in [2.24, 2.45) is 5.92 Å². The van der Waals surface area contributed by atoms with Gasteiger partial charge in [0.25, 0.3) is 5.91 Å². The molecule has 0 bridgehead atoms. The Morgan fingerprint density at radius 3 is 2.57 bits per heavy atom. The largest absolute Gasteiger partial charge is 0.493 e. The first-order valence-electron chi connectivity index (χ1n) is 6.75. The molecule has 6 nitrogen and oxygen atoms in total. The van der Waals surface area contributed by atoms with Crippen molar-refractivity contribution >= 4 is 11.9 Å². The predicted octanol–water partition coefficient (Wildman–Crippen LogP) is 1.93. The zero-order chi connectivity index (χ0) is 15.8. The molecular formula is C15H21NO5. The fourth-order valence-corrected chi connectivity index (χ4v) is 1.59. The summed E-state index contributed by atoms with van der Waals surface area (Å²) in [6.07, 6.45) is 0.921. The van der Waals surface area contributed by atoms with Crippen molar-refractivity contribution < 1.29 is 24.2 Å². The Labute approximate surface area is 124 Å². The molecule has 1 amide bonds. The Morgan fingerprint density at radius 1 is 1.29 bits per heavy atom. The standard InChI is InChI=1S/C15H21NO5/c1-10(2)6-7-21-12-5-4-11(8-13(12)20-3)15(19)16-9-14(17)18/h4-5,8,10H,6-7,9H2,1-3H3,(H,16,19)(H,17,18). The number of hydrogen-bond acceptors (Lipinski definition) is 4. The first-order valence-corrected chi connectivity index (χ1v) is 6.75. The van der Waals surface area contributed by atoms with Gasteiger partial charge in [-0.15, -0.1) is 0 Å². The molecule has 0 aromatic heterocycles. The molecular weight excluding hydrogens is 274 g/mol. The van der Waals surface area contributed by atoms with Gasteiger partial charge >= 0.3 is 5.97 Å². The number of nitrogens with one attached hydrogen (secondary N) is 1. The molecule has 0 saturated carbocycles. The third-order valence-corrected chi connectivity index (χ3v) is 2.78. The maximum Gasteiger partial charge on any atom is 0.322 e. The average Bonchev–Trinajstić information content (AvgIpc) is 2.44. The number of hydrogen-bond donors (Lipinski definition) is 2. The van der Waals surface area contributed by atoms with E-state index in [9.17, 15) is 9.59 Å². The minimum Gasteiger partial charge on any atom is -0.493 e. The second-order valence-corrected chi connectivity index (χ2v) is 4.97. The zero-order valence-electron chi connectivity index (χ0n) is 12.5. The molecule has 1 rings (SSSR count). The summed E-state index contributed by atoms with van der Waals surface area (Å²) in [5, 5.41) is 10.8. The first-order chi connectivity index (χ1) is 9.93. The van der Waals surface area contributed by atoms with Crippen LogP contribution < -0.4 is 14.8 Å². The summed E-state index contributed by atoms with van der Waals surface area (Å²) in [5.74, 6) is -0.0138. The highest BCUT2D eigenvalue weighted by Crippen LogP contribution is 2.28. The normalized spacial score (nSPS) is 10.3. The monoisotopic (exact) mass is 295 g/mol. The first kappa shape index (κ1) is 16.8. The molecule has 0 saturated heterocycles. The third kappa shape index (κ3) is 5.72. The number of carbonyl (C=O) groups excluding carboxylic acids is 1. The summed E-state index contributed by atoms with van der Waals surface area (Å²) >= 11 is 0. The maximum absolute atomic E-state index is 11.8. The minimum atomic E-state index is -1.09. The van der Waals surface area contributed by atoms with Crippen molar-refractivity contribution in [2.75, 3.05) is 20.3 Å². The molecule has 0 radical (unpaired) electrons. The smallest absolute Gasteiger partial charge is 0.322 e. The molecule has 116 valence electrons. The van der Waals surface area contributed by atoms with Gasteiger partial charge in [-0.05, 0) is 30.5 Å². The van der Waals surface area contributed by atoms with Gasteiger partial charge in [0.15, 0.2) is 11.5 Å². The van der Waals surface area contributed by atoms with Crippen LogP contribution in [0.1, 0.15) is 30.6 Å². The van der Waals surface area contributed by atoms with Gasteiger partial charge in [-0.1, -0.05) is 13.8 Å². The average molecular weight is 295 g/mol. The van der Waals surface area contributed by atoms with E-state index < -0.39 is 18.4 Å². The topological polar surface area (TPSA) is 84.9 Å². The molecule has 0 atom stereocenters. The quantitative estimate of drug-likeness (QED) is 0.765. The lowest BCUT2D eigenvalue weighted by atomic mass is 10.1. The SMILES string of the molecule is COc1cc(C(=O)NCC(=O)O)ccc1OCCC(C)C. The van der Waals surface area contributed by atoms with E-state index in [0.29, 0.717) is 29.6 Å². The Balaban J connectivity index is 2.73. The highest BCUT2D eigenvalue weighted by molar-refractivity contribution is 5.96. The number of aliphatic carboxylic acids is 1. The zero-order valence-corrected chi connectivity index (χ0v) is 12.5. The fraction of sp³-hybridized carbons (Fsp3) is 0.467. The number of amides is 1. The van der Waals surface area contributed by atoms with Crippen LogP contribution in [0, 0.1) is 5.92 Å². The van der Waals surface area contributed by atoms with Crippen LogP contribution in [0.5, 0.6) is 11.5 Å². The molecule has 0 aliphatic heterocycles. The van der Waals surface area contributed by atoms with Crippen LogP contribution in [-0.4, -0.2) is 37.2 Å². The van der Waals surface area contributed by atoms with Gasteiger partial charge in [0.05, 0.1) is 13.7 Å². The van der Waals surface area contributed by atoms with E-state index in [0.717, 1.165) is 6.42 Å². The fourth-order valence-electron chi connectivity index (χ4n) is 1.59. The van der Waals surface area contributed by atoms with Gasteiger partial charge in [0.2, 0.25) is 0 Å². The van der Waals surface area contributed by atoms with Crippen molar-refractivity contribution in [1.82, 2.24) is 5.32 Å². The van der Waals surface area contributed by atoms with E-state index in [-0.39, 0.29) is 0 Å². The van der Waals surface area contributed by atoms with Crippen LogP contribution in [0.3, 0.4) is 0 Å². The lowest BCUT2D eigenvalue weighted by Crippen LogP contribution is -2.29. The van der Waals surface area contributed by atoms with Crippen molar-refractivity contribution in [3.63, 3.8) is 0 Å². The number of methoxy groups -OCH3 is 1. The minimum absolute atomic E-state index is 0.323. The van der Waals surface area contributed by atoms with E-state index >= 15 is 0 Å². The second-order valence-electron chi connectivity index (χ2n) is 4.97. The molecule has 1 aromatic carbocycles. The van der Waals surface area contributed by atoms with E-state index in [1.807, 2.05) is 0 Å². The lowest BCUT2D eigenvalue weighted by molar-refractivity contribution is -0.135. The van der Waals surface area contributed by atoms with E-state index in [2.05, 4.69) is 19.2 Å². The molecule has 0 aliphatic rings. The third-order valence-electron chi connectivity index (χ3n) is 2.78. The Hall–Kier alpha value is -2.24. The van der Waals surface area contributed by atoms with Gasteiger partial charge in [0, 0.05) is 5.56 Å². The van der Waals surface area contributed by atoms with Gasteiger partial charge in [-0.3, -0.25) is 9.59 Å². The highest BCUT2D eigenvalue weighted by Gasteiger charge is 2.12. The summed E-state index contributed by atoms with van der Waals surface area (Å²) in [4.78, 5) is 22.2. The van der Waals surface area contributed by atoms with E-state index in [1.165, 1.54) is 13.2 Å². The van der Waals surface area contributed by atoms with Crippen LogP contribution >= 0.6 is 0 Å². The lowest BCUT2D eigenvalue weighted by Gasteiger charge is -2.13. The number of carbonyl (C=O) groups is 2. The van der Waals surface area contributed by atoms with Crippen molar-refractivity contribution in [3.8, 4) is 11.5 Å². The molecule has 0 aliphatic carbocycles. The summed E-state index contributed by atoms with van der Waals surface area (Å²) in [6.45, 7) is 4.36. The van der Waals surface area contributed by atoms with Crippen LogP contribution in [0.2, 0.25) is 0 Å². The Morgan fingerprint density at radius 2 is 2.00 bits per heavy atom. The molecule has 0 unspecified atom stereocenters. The van der Waals surface area contributed by atoms with Crippen molar-refractivity contribution in [1.29, 1.82) is 0 Å². The number of carboxylic acid groups (broad SMARTS) is 1. The van der Waals surface area contributed by atoms with Gasteiger partial charge in [-0.25, -0.2) is 0 Å². The molecule has 0 fully saturated rings. The maximum atomic E-state index is 11.8. The van der Waals surface area contributed by atoms with Crippen LogP contribution in [0.25, 0.3) is 0 Å². The number of benzene rings is 1. The van der Waals surface area contributed by atoms with E-state index in [1.54, 1.807) is 12.1 Å². The molecule has 1 aromatic rings. The summed E-state index contributed by atoms with van der Waals surface area (Å²) in [5.41, 5.74) is 0.323. The number of rotatable bonds is 8. The van der Waals surface area contributed by atoms with Crippen LogP contribution in [0.15, 0.2) is 18.2 Å². The molecule has 2 N–H and O–H groups in total. The number of carboxylic acids is 1. The Bertz CT molecular complexity index is 499. The van der Waals surface area contributed by atoms with Gasteiger partial charge in [0.1, 0.15) is 6.54 Å². The summed E-state index contributed by atoms with van der Waals surface area (Å²) < 4.78 is 10.8. The summed E-state index contributed by atoms with van der Waals surface area (Å²) in [6, 6.07) is 4.75. The highest BCUT2D eigenvalue weighted by atomic mass is 16.5. The molecule has 0 heterocycles. The predicted molar refractivity (Wildman–Crippen MR) is 77.9 cm³/mol. The molecule has 0 spiro atoms. The van der Waals surface area contributed by atoms with Gasteiger partial charge < -0.3 is 19.9 Å². The van der Waals surface area contributed by atoms with Crippen molar-refractivity contribution in [3.05, 3.63) is 23.8 Å². The molecule has 6 heteroatoms. The number of ether oxygens (including phenoxy) is 2. The van der Waals surface area contributed by atoms with Gasteiger partial charge in [-0.2, -0.15) is 0 Å².